The SMILES string of the molecule is C=CCN1[C@H](C(=O)[O-])[C@H]1C(=O)N[C@@H](Cc1ccccc1)C(=O)NCc1cccc2ccccc12.[Na+]. The minimum Gasteiger partial charge on any atom is -0.548 e. The van der Waals surface area contributed by atoms with E-state index < -0.39 is 30.0 Å². The molecule has 174 valence electrons. The number of carboxylic acids is 1. The van der Waals surface area contributed by atoms with Gasteiger partial charge in [0.15, 0.2) is 0 Å². The third-order valence-corrected chi connectivity index (χ3v) is 6.02. The average Bonchev–Trinajstić information content (AvgIpc) is 3.57. The van der Waals surface area contributed by atoms with Crippen LogP contribution in [0, 0.1) is 0 Å². The maximum atomic E-state index is 13.2. The Labute approximate surface area is 226 Å². The van der Waals surface area contributed by atoms with Gasteiger partial charge in [0.05, 0.1) is 12.0 Å². The van der Waals surface area contributed by atoms with Crippen molar-refractivity contribution in [3.63, 3.8) is 0 Å². The summed E-state index contributed by atoms with van der Waals surface area (Å²) in [7, 11) is 0. The molecule has 3 aromatic rings. The van der Waals surface area contributed by atoms with E-state index in [1.165, 1.54) is 11.0 Å². The van der Waals surface area contributed by atoms with Gasteiger partial charge in [0, 0.05) is 19.5 Å². The topological polar surface area (TPSA) is 101 Å². The van der Waals surface area contributed by atoms with Crippen molar-refractivity contribution in [1.82, 2.24) is 15.5 Å². The maximum Gasteiger partial charge on any atom is 1.00 e. The third kappa shape index (κ3) is 6.38. The van der Waals surface area contributed by atoms with E-state index in [1.807, 2.05) is 72.8 Å². The van der Waals surface area contributed by atoms with Crippen LogP contribution in [0.25, 0.3) is 10.8 Å². The zero-order chi connectivity index (χ0) is 24.1. The van der Waals surface area contributed by atoms with Crippen molar-refractivity contribution in [2.24, 2.45) is 0 Å². The Balaban J connectivity index is 0.00000342. The molecule has 1 aliphatic heterocycles. The number of carboxylic acid groups (broad SMARTS) is 1. The number of nitrogens with zero attached hydrogens (tertiary/aromatic N) is 1. The first kappa shape index (κ1) is 26.6. The molecule has 2 amide bonds. The van der Waals surface area contributed by atoms with E-state index in [1.54, 1.807) is 0 Å². The minimum absolute atomic E-state index is 0. The predicted molar refractivity (Wildman–Crippen MR) is 127 cm³/mol. The number of rotatable bonds is 10. The fourth-order valence-electron chi connectivity index (χ4n) is 4.28. The molecule has 1 aliphatic rings. The van der Waals surface area contributed by atoms with Gasteiger partial charge in [-0.25, -0.2) is 0 Å². The Morgan fingerprint density at radius 3 is 2.37 bits per heavy atom. The predicted octanol–water partition coefficient (Wildman–Crippen LogP) is -1.82. The van der Waals surface area contributed by atoms with Crippen LogP contribution in [-0.4, -0.2) is 47.4 Å². The molecular weight excluding hydrogens is 453 g/mol. The minimum atomic E-state index is -1.32. The molecule has 4 atom stereocenters. The molecule has 0 radical (unpaired) electrons. The Morgan fingerprint density at radius 1 is 0.971 bits per heavy atom. The zero-order valence-corrected chi connectivity index (χ0v) is 21.6. The Kier molecular flexibility index (Phi) is 9.23. The summed E-state index contributed by atoms with van der Waals surface area (Å²) >= 11 is 0. The molecule has 35 heavy (non-hydrogen) atoms. The normalized spacial score (nSPS) is 19.1. The second kappa shape index (κ2) is 12.1. The van der Waals surface area contributed by atoms with Gasteiger partial charge >= 0.3 is 29.6 Å². The van der Waals surface area contributed by atoms with Crippen LogP contribution in [0.15, 0.2) is 85.5 Å². The molecule has 1 heterocycles. The molecule has 1 unspecified atom stereocenters. The van der Waals surface area contributed by atoms with Gasteiger partial charge in [-0.2, -0.15) is 0 Å². The summed E-state index contributed by atoms with van der Waals surface area (Å²) < 4.78 is 0. The fourth-order valence-corrected chi connectivity index (χ4v) is 4.28. The molecule has 8 heteroatoms. The average molecular weight is 480 g/mol. The van der Waals surface area contributed by atoms with E-state index in [9.17, 15) is 19.5 Å². The van der Waals surface area contributed by atoms with E-state index in [2.05, 4.69) is 17.2 Å². The molecule has 7 nitrogen and oxygen atoms in total. The molecular formula is C27H26N3NaO4. The van der Waals surface area contributed by atoms with Crippen molar-refractivity contribution in [1.29, 1.82) is 0 Å². The molecule has 0 saturated carbocycles. The quantitative estimate of drug-likeness (QED) is 0.203. The van der Waals surface area contributed by atoms with Crippen molar-refractivity contribution >= 4 is 28.6 Å². The van der Waals surface area contributed by atoms with Crippen molar-refractivity contribution in [3.05, 3.63) is 96.6 Å². The van der Waals surface area contributed by atoms with Gasteiger partial charge < -0.3 is 20.5 Å². The standard InChI is InChI=1S/C27H27N3O4.Na/c1-2-15-30-23(24(30)27(33)34)26(32)29-22(16-18-9-4-3-5-10-18)25(31)28-17-20-13-8-12-19-11-6-7-14-21(19)20;/h2-14,22-24H,1,15-17H2,(H,28,31)(H,29,32)(H,33,34);/q;+1/p-1/t22-,23-,24-,30?;/m0./s1. The van der Waals surface area contributed by atoms with Crippen LogP contribution >= 0.6 is 0 Å². The van der Waals surface area contributed by atoms with Crippen LogP contribution in [0.2, 0.25) is 0 Å². The molecule has 0 spiro atoms. The number of nitrogens with one attached hydrogen (secondary N) is 2. The first-order valence-corrected chi connectivity index (χ1v) is 11.2. The van der Waals surface area contributed by atoms with Crippen molar-refractivity contribution in [3.8, 4) is 0 Å². The fraction of sp³-hybridized carbons (Fsp3) is 0.222. The number of carbonyl (C=O) groups is 3. The summed E-state index contributed by atoms with van der Waals surface area (Å²) in [6, 6.07) is 20.4. The first-order chi connectivity index (χ1) is 16.5. The molecule has 0 bridgehead atoms. The molecule has 0 aliphatic carbocycles. The second-order valence-corrected chi connectivity index (χ2v) is 8.30. The summed E-state index contributed by atoms with van der Waals surface area (Å²) in [6.07, 6.45) is 1.81. The van der Waals surface area contributed by atoms with Crippen LogP contribution in [0.3, 0.4) is 0 Å². The Hall–Kier alpha value is -2.97. The number of fused-ring (bicyclic) bond motifs is 1. The van der Waals surface area contributed by atoms with Gasteiger partial charge in [-0.15, -0.1) is 6.58 Å². The molecule has 1 saturated heterocycles. The number of amides is 2. The summed E-state index contributed by atoms with van der Waals surface area (Å²) in [6.45, 7) is 4.14. The Bertz CT molecular complexity index is 1210. The number of hydrogen-bond acceptors (Lipinski definition) is 5. The van der Waals surface area contributed by atoms with Crippen LogP contribution in [0.4, 0.5) is 0 Å². The summed E-state index contributed by atoms with van der Waals surface area (Å²) in [5.74, 6) is -2.18. The van der Waals surface area contributed by atoms with Crippen LogP contribution in [0.5, 0.6) is 0 Å². The zero-order valence-electron chi connectivity index (χ0n) is 19.6. The third-order valence-electron chi connectivity index (χ3n) is 6.02. The van der Waals surface area contributed by atoms with E-state index in [-0.39, 0.29) is 48.4 Å². The van der Waals surface area contributed by atoms with Crippen LogP contribution < -0.4 is 45.3 Å². The van der Waals surface area contributed by atoms with Crippen molar-refractivity contribution < 1.29 is 49.0 Å². The van der Waals surface area contributed by atoms with E-state index in [4.69, 9.17) is 0 Å². The monoisotopic (exact) mass is 479 g/mol. The molecule has 3 aromatic carbocycles. The van der Waals surface area contributed by atoms with Gasteiger partial charge in [0.2, 0.25) is 11.8 Å². The van der Waals surface area contributed by atoms with Crippen LogP contribution in [0.1, 0.15) is 11.1 Å². The molecule has 1 fully saturated rings. The van der Waals surface area contributed by atoms with Crippen molar-refractivity contribution in [2.75, 3.05) is 6.54 Å². The molecule has 2 N–H and O–H groups in total. The van der Waals surface area contributed by atoms with E-state index >= 15 is 0 Å². The molecule has 4 rings (SSSR count). The summed E-state index contributed by atoms with van der Waals surface area (Å²) in [5, 5.41) is 19.2. The second-order valence-electron chi connectivity index (χ2n) is 8.30. The maximum absolute atomic E-state index is 13.2. The Morgan fingerprint density at radius 2 is 1.66 bits per heavy atom. The summed E-state index contributed by atoms with van der Waals surface area (Å²) in [5.41, 5.74) is 1.84. The summed E-state index contributed by atoms with van der Waals surface area (Å²) in [4.78, 5) is 38.9. The van der Waals surface area contributed by atoms with Gasteiger partial charge in [-0.1, -0.05) is 78.9 Å². The number of carbonyl (C=O) groups excluding carboxylic acids is 3. The largest absolute Gasteiger partial charge is 1.00 e. The van der Waals surface area contributed by atoms with Crippen molar-refractivity contribution in [2.45, 2.75) is 31.1 Å². The first-order valence-electron chi connectivity index (χ1n) is 11.2. The smallest absolute Gasteiger partial charge is 0.548 e. The van der Waals surface area contributed by atoms with Crippen LogP contribution in [-0.2, 0) is 27.3 Å². The van der Waals surface area contributed by atoms with Gasteiger partial charge in [0.1, 0.15) is 12.1 Å². The van der Waals surface area contributed by atoms with Gasteiger partial charge in [0.25, 0.3) is 0 Å². The number of aliphatic carboxylic acids is 1. The van der Waals surface area contributed by atoms with Gasteiger partial charge in [-0.3, -0.25) is 14.5 Å². The number of hydrogen-bond donors (Lipinski definition) is 2. The van der Waals surface area contributed by atoms with E-state index in [0.717, 1.165) is 21.9 Å². The van der Waals surface area contributed by atoms with E-state index in [0.29, 0.717) is 6.54 Å². The molecule has 0 aromatic heterocycles. The number of benzene rings is 3. The van der Waals surface area contributed by atoms with Gasteiger partial charge in [-0.05, 0) is 21.9 Å².